The number of methoxy groups -OCH3 is 1. The van der Waals surface area contributed by atoms with E-state index in [0.717, 1.165) is 12.4 Å². The van der Waals surface area contributed by atoms with E-state index in [4.69, 9.17) is 9.47 Å². The number of hydrogen-bond donors (Lipinski definition) is 1. The average molecular weight is 251 g/mol. The molecule has 2 unspecified atom stereocenters. The van der Waals surface area contributed by atoms with Gasteiger partial charge in [-0.1, -0.05) is 26.0 Å². The lowest BCUT2D eigenvalue weighted by Gasteiger charge is -2.30. The van der Waals surface area contributed by atoms with Crippen LogP contribution in [0.15, 0.2) is 24.3 Å². The summed E-state index contributed by atoms with van der Waals surface area (Å²) in [6, 6.07) is 8.37. The standard InChI is InChI=1S/C15H25NO2/c1-6-18-15(11(2)3)14(16-4)12-7-9-13(17-5)10-8-12/h7-11,14-16H,6H2,1-5H3. The molecule has 0 saturated heterocycles. The molecule has 1 aromatic carbocycles. The highest BCUT2D eigenvalue weighted by Crippen LogP contribution is 2.26. The molecule has 0 saturated carbocycles. The van der Waals surface area contributed by atoms with Crippen LogP contribution in [0.1, 0.15) is 32.4 Å². The van der Waals surface area contributed by atoms with Gasteiger partial charge in [0.05, 0.1) is 19.3 Å². The van der Waals surface area contributed by atoms with Crippen molar-refractivity contribution in [1.29, 1.82) is 0 Å². The molecule has 1 rings (SSSR count). The number of likely N-dealkylation sites (N-methyl/N-ethyl adjacent to an activating group) is 1. The summed E-state index contributed by atoms with van der Waals surface area (Å²) in [6.45, 7) is 7.15. The Bertz CT molecular complexity index is 335. The third kappa shape index (κ3) is 3.72. The molecule has 0 bridgehead atoms. The second kappa shape index (κ2) is 7.39. The minimum absolute atomic E-state index is 0.174. The molecule has 3 heteroatoms. The molecule has 0 aliphatic rings. The van der Waals surface area contributed by atoms with Crippen molar-refractivity contribution in [3.05, 3.63) is 29.8 Å². The maximum atomic E-state index is 5.87. The zero-order valence-corrected chi connectivity index (χ0v) is 12.1. The van der Waals surface area contributed by atoms with Gasteiger partial charge in [-0.15, -0.1) is 0 Å². The number of rotatable bonds is 7. The molecule has 0 amide bonds. The zero-order chi connectivity index (χ0) is 13.5. The summed E-state index contributed by atoms with van der Waals surface area (Å²) < 4.78 is 11.1. The molecule has 2 atom stereocenters. The van der Waals surface area contributed by atoms with Crippen LogP contribution in [0, 0.1) is 5.92 Å². The van der Waals surface area contributed by atoms with E-state index < -0.39 is 0 Å². The van der Waals surface area contributed by atoms with Crippen LogP contribution in [-0.2, 0) is 4.74 Å². The molecular formula is C15H25NO2. The molecule has 102 valence electrons. The molecule has 18 heavy (non-hydrogen) atoms. The average Bonchev–Trinajstić information content (AvgIpc) is 2.39. The lowest BCUT2D eigenvalue weighted by atomic mass is 9.93. The quantitative estimate of drug-likeness (QED) is 0.808. The maximum absolute atomic E-state index is 5.87. The van der Waals surface area contributed by atoms with Crippen molar-refractivity contribution in [3.8, 4) is 5.75 Å². The minimum Gasteiger partial charge on any atom is -0.497 e. The third-order valence-electron chi connectivity index (χ3n) is 3.13. The molecule has 0 spiro atoms. The zero-order valence-electron chi connectivity index (χ0n) is 12.1. The first kappa shape index (κ1) is 15.0. The van der Waals surface area contributed by atoms with Crippen LogP contribution < -0.4 is 10.1 Å². The predicted octanol–water partition coefficient (Wildman–Crippen LogP) is 3.02. The number of benzene rings is 1. The van der Waals surface area contributed by atoms with Crippen LogP contribution in [0.2, 0.25) is 0 Å². The highest BCUT2D eigenvalue weighted by Gasteiger charge is 2.25. The summed E-state index contributed by atoms with van der Waals surface area (Å²) in [7, 11) is 3.66. The lowest BCUT2D eigenvalue weighted by molar-refractivity contribution is 0.00459. The summed E-state index contributed by atoms with van der Waals surface area (Å²) in [5.74, 6) is 1.34. The van der Waals surface area contributed by atoms with E-state index in [0.29, 0.717) is 5.92 Å². The van der Waals surface area contributed by atoms with Crippen LogP contribution in [0.5, 0.6) is 5.75 Å². The van der Waals surface area contributed by atoms with Gasteiger partial charge in [-0.25, -0.2) is 0 Å². The summed E-state index contributed by atoms with van der Waals surface area (Å²) in [5, 5.41) is 3.36. The molecule has 0 heterocycles. The van der Waals surface area contributed by atoms with Gasteiger partial charge in [0.1, 0.15) is 5.75 Å². The topological polar surface area (TPSA) is 30.5 Å². The van der Waals surface area contributed by atoms with Crippen LogP contribution in [0.25, 0.3) is 0 Å². The third-order valence-corrected chi connectivity index (χ3v) is 3.13. The maximum Gasteiger partial charge on any atom is 0.118 e. The number of nitrogens with one attached hydrogen (secondary N) is 1. The van der Waals surface area contributed by atoms with Crippen LogP contribution in [0.3, 0.4) is 0 Å². The molecule has 0 fully saturated rings. The van der Waals surface area contributed by atoms with Crippen molar-refractivity contribution in [2.24, 2.45) is 5.92 Å². The molecule has 0 aromatic heterocycles. The molecule has 1 N–H and O–H groups in total. The van der Waals surface area contributed by atoms with Crippen LogP contribution in [-0.4, -0.2) is 26.9 Å². The number of ether oxygens (including phenoxy) is 2. The molecular weight excluding hydrogens is 226 g/mol. The molecule has 0 radical (unpaired) electrons. The molecule has 0 aliphatic carbocycles. The smallest absolute Gasteiger partial charge is 0.118 e. The van der Waals surface area contributed by atoms with Crippen LogP contribution >= 0.6 is 0 Å². The first-order valence-electron chi connectivity index (χ1n) is 6.56. The van der Waals surface area contributed by atoms with Crippen molar-refractivity contribution in [2.45, 2.75) is 32.9 Å². The second-order valence-electron chi connectivity index (χ2n) is 4.70. The lowest BCUT2D eigenvalue weighted by Crippen LogP contribution is -2.35. The largest absolute Gasteiger partial charge is 0.497 e. The Labute approximate surface area is 110 Å². The van der Waals surface area contributed by atoms with Gasteiger partial charge in [0, 0.05) is 6.61 Å². The van der Waals surface area contributed by atoms with Gasteiger partial charge in [-0.2, -0.15) is 0 Å². The SMILES string of the molecule is CCOC(C(C)C)C(NC)c1ccc(OC)cc1. The Balaban J connectivity index is 2.91. The Morgan fingerprint density at radius 1 is 1.17 bits per heavy atom. The first-order chi connectivity index (χ1) is 8.63. The Kier molecular flexibility index (Phi) is 6.16. The summed E-state index contributed by atoms with van der Waals surface area (Å²) >= 11 is 0. The van der Waals surface area contributed by atoms with Gasteiger partial charge in [0.2, 0.25) is 0 Å². The Morgan fingerprint density at radius 3 is 2.17 bits per heavy atom. The monoisotopic (exact) mass is 251 g/mol. The molecule has 1 aromatic rings. The van der Waals surface area contributed by atoms with E-state index >= 15 is 0 Å². The van der Waals surface area contributed by atoms with Crippen molar-refractivity contribution in [3.63, 3.8) is 0 Å². The van der Waals surface area contributed by atoms with Crippen molar-refractivity contribution >= 4 is 0 Å². The van der Waals surface area contributed by atoms with E-state index in [-0.39, 0.29) is 12.1 Å². The van der Waals surface area contributed by atoms with Gasteiger partial charge in [-0.05, 0) is 37.6 Å². The summed E-state index contributed by atoms with van der Waals surface area (Å²) in [4.78, 5) is 0. The minimum atomic E-state index is 0.174. The van der Waals surface area contributed by atoms with E-state index in [9.17, 15) is 0 Å². The predicted molar refractivity (Wildman–Crippen MR) is 75.0 cm³/mol. The highest BCUT2D eigenvalue weighted by atomic mass is 16.5. The van der Waals surface area contributed by atoms with Gasteiger partial charge in [-0.3, -0.25) is 0 Å². The highest BCUT2D eigenvalue weighted by molar-refractivity contribution is 5.29. The van der Waals surface area contributed by atoms with E-state index in [1.165, 1.54) is 5.56 Å². The van der Waals surface area contributed by atoms with Gasteiger partial charge < -0.3 is 14.8 Å². The fraction of sp³-hybridized carbons (Fsp3) is 0.600. The summed E-state index contributed by atoms with van der Waals surface area (Å²) in [6.07, 6.45) is 0.174. The van der Waals surface area contributed by atoms with Gasteiger partial charge in [0.15, 0.2) is 0 Å². The van der Waals surface area contributed by atoms with Crippen molar-refractivity contribution in [2.75, 3.05) is 20.8 Å². The molecule has 3 nitrogen and oxygen atoms in total. The number of hydrogen-bond acceptors (Lipinski definition) is 3. The normalized spacial score (nSPS) is 14.6. The van der Waals surface area contributed by atoms with Gasteiger partial charge >= 0.3 is 0 Å². The fourth-order valence-electron chi connectivity index (χ4n) is 2.20. The van der Waals surface area contributed by atoms with Crippen molar-refractivity contribution in [1.82, 2.24) is 5.32 Å². The second-order valence-corrected chi connectivity index (χ2v) is 4.70. The molecule has 0 aliphatic heterocycles. The summed E-state index contributed by atoms with van der Waals surface area (Å²) in [5.41, 5.74) is 1.23. The van der Waals surface area contributed by atoms with Gasteiger partial charge in [0.25, 0.3) is 0 Å². The Hall–Kier alpha value is -1.06. The Morgan fingerprint density at radius 2 is 1.78 bits per heavy atom. The fourth-order valence-corrected chi connectivity index (χ4v) is 2.20. The van der Waals surface area contributed by atoms with E-state index in [1.54, 1.807) is 7.11 Å². The van der Waals surface area contributed by atoms with Crippen molar-refractivity contribution < 1.29 is 9.47 Å². The first-order valence-corrected chi connectivity index (χ1v) is 6.56. The van der Waals surface area contributed by atoms with Crippen LogP contribution in [0.4, 0.5) is 0 Å². The van der Waals surface area contributed by atoms with E-state index in [2.05, 4.69) is 31.3 Å². The van der Waals surface area contributed by atoms with E-state index in [1.807, 2.05) is 26.1 Å².